The zero-order valence-electron chi connectivity index (χ0n) is 20.5. The van der Waals surface area contributed by atoms with Crippen molar-refractivity contribution in [1.82, 2.24) is 5.32 Å². The maximum atomic E-state index is 12.5. The Morgan fingerprint density at radius 1 is 0.974 bits per heavy atom. The summed E-state index contributed by atoms with van der Waals surface area (Å²) in [7, 11) is -3.58. The molecule has 198 valence electrons. The highest BCUT2D eigenvalue weighted by atomic mass is 35.5. The molecule has 0 radical (unpaired) electrons. The average molecular weight is 588 g/mol. The zero-order chi connectivity index (χ0) is 25.5. The highest BCUT2D eigenvalue weighted by Gasteiger charge is 2.47. The van der Waals surface area contributed by atoms with Crippen LogP contribution in [0.4, 0.5) is 5.69 Å². The molecule has 38 heavy (non-hydrogen) atoms. The molecule has 3 aromatic carbocycles. The van der Waals surface area contributed by atoms with E-state index >= 15 is 0 Å². The average Bonchev–Trinajstić information content (AvgIpc) is 3.42. The summed E-state index contributed by atoms with van der Waals surface area (Å²) in [6, 6.07) is 25.2. The summed E-state index contributed by atoms with van der Waals surface area (Å²) < 4.78 is 34.1. The summed E-state index contributed by atoms with van der Waals surface area (Å²) in [5, 5.41) is 6.31. The van der Waals surface area contributed by atoms with Crippen molar-refractivity contribution in [3.8, 4) is 11.5 Å². The lowest BCUT2D eigenvalue weighted by molar-refractivity contribution is 0.164. The molecule has 0 bridgehead atoms. The van der Waals surface area contributed by atoms with Gasteiger partial charge in [-0.15, -0.1) is 23.7 Å². The monoisotopic (exact) mass is 586 g/mol. The van der Waals surface area contributed by atoms with Crippen molar-refractivity contribution in [2.45, 2.75) is 41.3 Å². The van der Waals surface area contributed by atoms with E-state index in [1.807, 2.05) is 18.2 Å². The van der Waals surface area contributed by atoms with Crippen LogP contribution in [0, 0.1) is 0 Å². The van der Waals surface area contributed by atoms with E-state index in [0.717, 1.165) is 36.6 Å². The van der Waals surface area contributed by atoms with Gasteiger partial charge in [0.25, 0.3) is 10.0 Å². The number of hydrogen-bond donors (Lipinski definition) is 2. The van der Waals surface area contributed by atoms with Gasteiger partial charge >= 0.3 is 0 Å². The molecule has 1 saturated carbocycles. The SMILES string of the molecule is Cl.O=S(=O)(Nc1ccc(Oc2ccc3c(c2)C(C2(c4ccc(Cl)cc4)CCC2)NCC3)cc1)c1cccs1. The lowest BCUT2D eigenvalue weighted by Gasteiger charge is -2.50. The van der Waals surface area contributed by atoms with Crippen LogP contribution in [0.2, 0.25) is 5.02 Å². The number of hydrogen-bond acceptors (Lipinski definition) is 5. The molecule has 1 unspecified atom stereocenters. The van der Waals surface area contributed by atoms with Crippen LogP contribution in [0.25, 0.3) is 0 Å². The number of fused-ring (bicyclic) bond motifs is 1. The fraction of sp³-hybridized carbons (Fsp3) is 0.241. The number of anilines is 1. The van der Waals surface area contributed by atoms with Crippen molar-refractivity contribution < 1.29 is 13.2 Å². The molecular weight excluding hydrogens is 559 g/mol. The minimum atomic E-state index is -3.58. The molecule has 1 aliphatic carbocycles. The maximum absolute atomic E-state index is 12.5. The molecule has 1 aliphatic heterocycles. The molecule has 0 spiro atoms. The molecule has 6 rings (SSSR count). The van der Waals surface area contributed by atoms with E-state index in [9.17, 15) is 8.42 Å². The van der Waals surface area contributed by atoms with Gasteiger partial charge in [-0.1, -0.05) is 42.3 Å². The quantitative estimate of drug-likeness (QED) is 0.232. The molecule has 9 heteroatoms. The van der Waals surface area contributed by atoms with Gasteiger partial charge in [0.05, 0.1) is 0 Å². The molecule has 1 aromatic heterocycles. The van der Waals surface area contributed by atoms with Crippen LogP contribution in [0.3, 0.4) is 0 Å². The highest BCUT2D eigenvalue weighted by molar-refractivity contribution is 7.94. The first kappa shape index (κ1) is 27.0. The van der Waals surface area contributed by atoms with Crippen LogP contribution in [0.15, 0.2) is 88.5 Å². The fourth-order valence-electron chi connectivity index (χ4n) is 5.52. The summed E-state index contributed by atoms with van der Waals surface area (Å²) in [5.74, 6) is 1.42. The Bertz CT molecular complexity index is 1500. The fourth-order valence-corrected chi connectivity index (χ4v) is 7.70. The van der Waals surface area contributed by atoms with E-state index < -0.39 is 10.0 Å². The van der Waals surface area contributed by atoms with E-state index in [2.05, 4.69) is 34.3 Å². The molecule has 1 atom stereocenters. The van der Waals surface area contributed by atoms with Crippen LogP contribution in [-0.4, -0.2) is 15.0 Å². The van der Waals surface area contributed by atoms with Crippen molar-refractivity contribution in [2.24, 2.45) is 0 Å². The van der Waals surface area contributed by atoms with Crippen molar-refractivity contribution in [3.63, 3.8) is 0 Å². The smallest absolute Gasteiger partial charge is 0.271 e. The van der Waals surface area contributed by atoms with E-state index in [1.165, 1.54) is 34.4 Å². The Kier molecular flexibility index (Phi) is 7.76. The summed E-state index contributed by atoms with van der Waals surface area (Å²) in [6.07, 6.45) is 4.48. The van der Waals surface area contributed by atoms with E-state index in [1.54, 1.807) is 41.8 Å². The number of nitrogens with one attached hydrogen (secondary N) is 2. The second-order valence-electron chi connectivity index (χ2n) is 9.68. The zero-order valence-corrected chi connectivity index (χ0v) is 23.7. The van der Waals surface area contributed by atoms with E-state index in [0.29, 0.717) is 11.4 Å². The molecule has 4 aromatic rings. The number of thiophene rings is 1. The summed E-state index contributed by atoms with van der Waals surface area (Å²) in [5.41, 5.74) is 4.53. The Balaban J connectivity index is 0.00000294. The molecule has 2 heterocycles. The van der Waals surface area contributed by atoms with Gasteiger partial charge in [-0.3, -0.25) is 4.72 Å². The molecule has 2 aliphatic rings. The minimum Gasteiger partial charge on any atom is -0.457 e. The van der Waals surface area contributed by atoms with Gasteiger partial charge in [-0.2, -0.15) is 0 Å². The highest BCUT2D eigenvalue weighted by Crippen LogP contribution is 2.54. The minimum absolute atomic E-state index is 0. The van der Waals surface area contributed by atoms with Gasteiger partial charge in [-0.25, -0.2) is 8.42 Å². The van der Waals surface area contributed by atoms with Gasteiger partial charge in [0.2, 0.25) is 0 Å². The first-order valence-electron chi connectivity index (χ1n) is 12.4. The van der Waals surface area contributed by atoms with Crippen LogP contribution in [0.1, 0.15) is 42.0 Å². The number of halogens is 2. The van der Waals surface area contributed by atoms with Crippen LogP contribution < -0.4 is 14.8 Å². The van der Waals surface area contributed by atoms with Gasteiger partial charge < -0.3 is 10.1 Å². The van der Waals surface area contributed by atoms with Crippen LogP contribution in [0.5, 0.6) is 11.5 Å². The summed E-state index contributed by atoms with van der Waals surface area (Å²) in [6.45, 7) is 0.954. The third kappa shape index (κ3) is 5.18. The number of sulfonamides is 1. The summed E-state index contributed by atoms with van der Waals surface area (Å²) >= 11 is 7.37. The van der Waals surface area contributed by atoms with Crippen molar-refractivity contribution in [3.05, 3.63) is 106 Å². The second-order valence-corrected chi connectivity index (χ2v) is 13.0. The third-order valence-corrected chi connectivity index (χ3v) is 10.5. The normalized spacial score (nSPS) is 18.0. The Hall–Kier alpha value is -2.55. The number of benzene rings is 3. The molecular formula is C29H28Cl2N2O3S2. The molecule has 0 saturated heterocycles. The van der Waals surface area contributed by atoms with Crippen molar-refractivity contribution in [1.29, 1.82) is 0 Å². The van der Waals surface area contributed by atoms with Gasteiger partial charge in [0.15, 0.2) is 0 Å². The first-order chi connectivity index (χ1) is 17.9. The Morgan fingerprint density at radius 2 is 1.71 bits per heavy atom. The lowest BCUT2D eigenvalue weighted by Crippen LogP contribution is -2.49. The first-order valence-corrected chi connectivity index (χ1v) is 15.1. The lowest BCUT2D eigenvalue weighted by atomic mass is 9.58. The third-order valence-electron chi connectivity index (χ3n) is 7.49. The molecule has 5 nitrogen and oxygen atoms in total. The molecule has 1 fully saturated rings. The standard InChI is InChI=1S/C29H27ClN2O3S2.ClH/c30-22-7-5-21(6-8-22)29(15-2-16-29)28-26-19-25(11-4-20(26)14-17-31-28)35-24-12-9-23(10-13-24)32-37(33,34)27-3-1-18-36-27;/h1,3-13,18-19,28,31-32H,2,14-17H2;1H. The van der Waals surface area contributed by atoms with Gasteiger partial charge in [0.1, 0.15) is 15.7 Å². The Morgan fingerprint density at radius 3 is 2.37 bits per heavy atom. The predicted molar refractivity (Wildman–Crippen MR) is 157 cm³/mol. The largest absolute Gasteiger partial charge is 0.457 e. The van der Waals surface area contributed by atoms with E-state index in [-0.39, 0.29) is 28.1 Å². The van der Waals surface area contributed by atoms with Crippen molar-refractivity contribution in [2.75, 3.05) is 11.3 Å². The Labute approximate surface area is 238 Å². The van der Waals surface area contributed by atoms with Gasteiger partial charge in [-0.05, 0) is 102 Å². The maximum Gasteiger partial charge on any atom is 0.271 e. The van der Waals surface area contributed by atoms with E-state index in [4.69, 9.17) is 16.3 Å². The van der Waals surface area contributed by atoms with Gasteiger partial charge in [0, 0.05) is 22.2 Å². The summed E-state index contributed by atoms with van der Waals surface area (Å²) in [4.78, 5) is 0. The van der Waals surface area contributed by atoms with Crippen LogP contribution in [-0.2, 0) is 21.9 Å². The number of ether oxygens (including phenoxy) is 1. The molecule has 2 N–H and O–H groups in total. The van der Waals surface area contributed by atoms with Crippen molar-refractivity contribution >= 4 is 51.1 Å². The second kappa shape index (κ2) is 10.9. The predicted octanol–water partition coefficient (Wildman–Crippen LogP) is 7.73. The topological polar surface area (TPSA) is 67.4 Å². The molecule has 0 amide bonds. The van der Waals surface area contributed by atoms with Crippen LogP contribution >= 0.6 is 35.3 Å². The number of rotatable bonds is 7.